The molecule has 31 heavy (non-hydrogen) atoms. The molecule has 0 radical (unpaired) electrons. The number of morpholine rings is 1. The third-order valence-corrected chi connectivity index (χ3v) is 5.25. The second kappa shape index (κ2) is 14.3. The summed E-state index contributed by atoms with van der Waals surface area (Å²) in [6.45, 7) is 8.94. The number of aliphatic imine (C=N–C) groups is 1. The Morgan fingerprint density at radius 1 is 1.00 bits per heavy atom. The van der Waals surface area contributed by atoms with E-state index in [0.29, 0.717) is 6.54 Å². The van der Waals surface area contributed by atoms with Crippen molar-refractivity contribution in [1.29, 1.82) is 0 Å². The van der Waals surface area contributed by atoms with Gasteiger partial charge in [0.2, 0.25) is 0 Å². The van der Waals surface area contributed by atoms with E-state index >= 15 is 0 Å². The smallest absolute Gasteiger partial charge is 0.191 e. The third kappa shape index (κ3) is 8.31. The fourth-order valence-corrected chi connectivity index (χ4v) is 3.60. The maximum atomic E-state index is 5.47. The van der Waals surface area contributed by atoms with Crippen molar-refractivity contribution in [3.8, 4) is 5.75 Å². The molecule has 1 heterocycles. The van der Waals surface area contributed by atoms with E-state index in [-0.39, 0.29) is 24.0 Å². The standard InChI is InChI=1S/C24H34N4O2.HI/c1-3-25-24(26-13-12-20-8-6-7-11-23(20)29-2)27-18-21-9-4-5-10-22(21)19-28-14-16-30-17-15-28;/h4-11H,3,12-19H2,1-2H3,(H2,25,26,27);1H. The Balaban J connectivity index is 0.00000341. The lowest BCUT2D eigenvalue weighted by molar-refractivity contribution is 0.0341. The minimum absolute atomic E-state index is 0. The molecular weight excluding hydrogens is 503 g/mol. The van der Waals surface area contributed by atoms with Gasteiger partial charge in [0.05, 0.1) is 26.9 Å². The second-order valence-electron chi connectivity index (χ2n) is 7.34. The number of hydrogen-bond donors (Lipinski definition) is 2. The minimum atomic E-state index is 0. The van der Waals surface area contributed by atoms with Crippen LogP contribution in [0.4, 0.5) is 0 Å². The van der Waals surface area contributed by atoms with Crippen molar-refractivity contribution < 1.29 is 9.47 Å². The van der Waals surface area contributed by atoms with Gasteiger partial charge in [0.15, 0.2) is 5.96 Å². The van der Waals surface area contributed by atoms with Crippen LogP contribution < -0.4 is 15.4 Å². The first-order valence-corrected chi connectivity index (χ1v) is 10.8. The molecule has 0 unspecified atom stereocenters. The summed E-state index contributed by atoms with van der Waals surface area (Å²) in [5, 5.41) is 6.80. The van der Waals surface area contributed by atoms with E-state index in [1.54, 1.807) is 7.11 Å². The molecule has 1 fully saturated rings. The van der Waals surface area contributed by atoms with Crippen molar-refractivity contribution >= 4 is 29.9 Å². The Hall–Kier alpha value is -1.84. The van der Waals surface area contributed by atoms with Gasteiger partial charge in [0.25, 0.3) is 0 Å². The number of hydrogen-bond acceptors (Lipinski definition) is 4. The maximum absolute atomic E-state index is 5.47. The fraction of sp³-hybridized carbons (Fsp3) is 0.458. The highest BCUT2D eigenvalue weighted by Gasteiger charge is 2.12. The molecule has 1 aliphatic rings. The fourth-order valence-electron chi connectivity index (χ4n) is 3.60. The number of benzene rings is 2. The number of nitrogens with zero attached hydrogens (tertiary/aromatic N) is 2. The normalized spacial score (nSPS) is 14.6. The van der Waals surface area contributed by atoms with Gasteiger partial charge < -0.3 is 20.1 Å². The topological polar surface area (TPSA) is 58.1 Å². The van der Waals surface area contributed by atoms with Crippen molar-refractivity contribution in [2.75, 3.05) is 46.5 Å². The van der Waals surface area contributed by atoms with Gasteiger partial charge in [-0.05, 0) is 36.1 Å². The van der Waals surface area contributed by atoms with Gasteiger partial charge in [-0.25, -0.2) is 4.99 Å². The first-order valence-electron chi connectivity index (χ1n) is 10.8. The van der Waals surface area contributed by atoms with Crippen LogP contribution >= 0.6 is 24.0 Å². The van der Waals surface area contributed by atoms with E-state index in [0.717, 1.165) is 64.1 Å². The zero-order chi connectivity index (χ0) is 21.0. The number of para-hydroxylation sites is 1. The number of halogens is 1. The average molecular weight is 538 g/mol. The molecule has 0 spiro atoms. The number of ether oxygens (including phenoxy) is 2. The van der Waals surface area contributed by atoms with Crippen LogP contribution in [0.15, 0.2) is 53.5 Å². The largest absolute Gasteiger partial charge is 0.496 e. The van der Waals surface area contributed by atoms with E-state index < -0.39 is 0 Å². The number of nitrogens with one attached hydrogen (secondary N) is 2. The van der Waals surface area contributed by atoms with Crippen molar-refractivity contribution in [3.63, 3.8) is 0 Å². The van der Waals surface area contributed by atoms with Crippen molar-refractivity contribution in [2.24, 2.45) is 4.99 Å². The third-order valence-electron chi connectivity index (χ3n) is 5.25. The van der Waals surface area contributed by atoms with Crippen LogP contribution in [0.2, 0.25) is 0 Å². The molecule has 0 amide bonds. The Labute approximate surface area is 203 Å². The molecule has 0 bridgehead atoms. The van der Waals surface area contributed by atoms with Gasteiger partial charge in [-0.3, -0.25) is 4.90 Å². The summed E-state index contributed by atoms with van der Waals surface area (Å²) >= 11 is 0. The van der Waals surface area contributed by atoms with Gasteiger partial charge in [0.1, 0.15) is 5.75 Å². The van der Waals surface area contributed by atoms with Gasteiger partial charge in [0, 0.05) is 32.7 Å². The molecule has 2 N–H and O–H groups in total. The predicted molar refractivity (Wildman–Crippen MR) is 137 cm³/mol. The summed E-state index contributed by atoms with van der Waals surface area (Å²) in [7, 11) is 1.71. The maximum Gasteiger partial charge on any atom is 0.191 e. The molecule has 6 nitrogen and oxygen atoms in total. The lowest BCUT2D eigenvalue weighted by Crippen LogP contribution is -2.38. The van der Waals surface area contributed by atoms with E-state index in [4.69, 9.17) is 14.5 Å². The number of guanidine groups is 1. The monoisotopic (exact) mass is 538 g/mol. The van der Waals surface area contributed by atoms with Crippen LogP contribution in [0.3, 0.4) is 0 Å². The minimum Gasteiger partial charge on any atom is -0.496 e. The molecule has 2 aromatic rings. The highest BCUT2D eigenvalue weighted by atomic mass is 127. The lowest BCUT2D eigenvalue weighted by Gasteiger charge is -2.27. The van der Waals surface area contributed by atoms with Crippen molar-refractivity contribution in [2.45, 2.75) is 26.4 Å². The highest BCUT2D eigenvalue weighted by molar-refractivity contribution is 14.0. The van der Waals surface area contributed by atoms with Crippen LogP contribution in [-0.4, -0.2) is 57.4 Å². The van der Waals surface area contributed by atoms with E-state index in [9.17, 15) is 0 Å². The molecule has 0 aliphatic carbocycles. The summed E-state index contributed by atoms with van der Waals surface area (Å²) in [6, 6.07) is 16.7. The van der Waals surface area contributed by atoms with E-state index in [2.05, 4.69) is 52.8 Å². The quantitative estimate of drug-likeness (QED) is 0.291. The Morgan fingerprint density at radius 3 is 2.39 bits per heavy atom. The summed E-state index contributed by atoms with van der Waals surface area (Å²) in [5.41, 5.74) is 3.80. The first kappa shape index (κ1) is 25.4. The highest BCUT2D eigenvalue weighted by Crippen LogP contribution is 2.17. The molecule has 7 heteroatoms. The number of methoxy groups -OCH3 is 1. The van der Waals surface area contributed by atoms with Crippen LogP contribution in [0.5, 0.6) is 5.75 Å². The van der Waals surface area contributed by atoms with E-state index in [1.165, 1.54) is 16.7 Å². The first-order chi connectivity index (χ1) is 14.8. The molecule has 0 aromatic heterocycles. The van der Waals surface area contributed by atoms with Crippen molar-refractivity contribution in [3.05, 3.63) is 65.2 Å². The Morgan fingerprint density at radius 2 is 1.68 bits per heavy atom. The van der Waals surface area contributed by atoms with E-state index in [1.807, 2.05) is 18.2 Å². The van der Waals surface area contributed by atoms with Gasteiger partial charge in [-0.1, -0.05) is 42.5 Å². The second-order valence-corrected chi connectivity index (χ2v) is 7.34. The Bertz CT molecular complexity index is 810. The summed E-state index contributed by atoms with van der Waals surface area (Å²) in [5.74, 6) is 1.77. The Kier molecular flexibility index (Phi) is 11.7. The van der Waals surface area contributed by atoms with Gasteiger partial charge >= 0.3 is 0 Å². The lowest BCUT2D eigenvalue weighted by atomic mass is 10.1. The van der Waals surface area contributed by atoms with Crippen molar-refractivity contribution in [1.82, 2.24) is 15.5 Å². The molecule has 0 atom stereocenters. The SMILES string of the molecule is CCNC(=NCc1ccccc1CN1CCOCC1)NCCc1ccccc1OC.I. The molecule has 2 aromatic carbocycles. The molecular formula is C24H35IN4O2. The molecule has 1 saturated heterocycles. The van der Waals surface area contributed by atoms with Crippen LogP contribution in [0.25, 0.3) is 0 Å². The summed E-state index contributed by atoms with van der Waals surface area (Å²) in [6.07, 6.45) is 0.877. The predicted octanol–water partition coefficient (Wildman–Crippen LogP) is 3.44. The molecule has 0 saturated carbocycles. The summed E-state index contributed by atoms with van der Waals surface area (Å²) < 4.78 is 10.9. The van der Waals surface area contributed by atoms with Crippen LogP contribution in [0, 0.1) is 0 Å². The zero-order valence-corrected chi connectivity index (χ0v) is 20.9. The number of rotatable bonds is 9. The van der Waals surface area contributed by atoms with Gasteiger partial charge in [-0.15, -0.1) is 24.0 Å². The average Bonchev–Trinajstić information content (AvgIpc) is 2.79. The molecule has 1 aliphatic heterocycles. The zero-order valence-electron chi connectivity index (χ0n) is 18.6. The summed E-state index contributed by atoms with van der Waals surface area (Å²) in [4.78, 5) is 7.28. The van der Waals surface area contributed by atoms with Gasteiger partial charge in [-0.2, -0.15) is 0 Å². The molecule has 3 rings (SSSR count). The van der Waals surface area contributed by atoms with Crippen LogP contribution in [-0.2, 0) is 24.2 Å². The molecule has 170 valence electrons. The van der Waals surface area contributed by atoms with Crippen LogP contribution in [0.1, 0.15) is 23.6 Å².